The van der Waals surface area contributed by atoms with Crippen molar-refractivity contribution in [1.82, 2.24) is 19.9 Å². The summed E-state index contributed by atoms with van der Waals surface area (Å²) in [4.78, 5) is 12.6. The highest BCUT2D eigenvalue weighted by Gasteiger charge is 2.20. The number of nitrogens with zero attached hydrogens (tertiary/aromatic N) is 4. The number of rotatable bonds is 5. The smallest absolute Gasteiger partial charge is 0.261 e. The van der Waals surface area contributed by atoms with Gasteiger partial charge in [0, 0.05) is 0 Å². The van der Waals surface area contributed by atoms with E-state index in [1.165, 1.54) is 0 Å². The molecule has 1 aromatic carbocycles. The first kappa shape index (κ1) is 15.7. The van der Waals surface area contributed by atoms with Gasteiger partial charge in [-0.05, 0) is 31.5 Å². The van der Waals surface area contributed by atoms with E-state index < -0.39 is 0 Å². The molecule has 24 heavy (non-hydrogen) atoms. The zero-order chi connectivity index (χ0) is 17.1. The lowest BCUT2D eigenvalue weighted by Gasteiger charge is -2.12. The van der Waals surface area contributed by atoms with Gasteiger partial charge in [0.2, 0.25) is 0 Å². The fraction of sp³-hybridized carbons (Fsp3) is 0.250. The Kier molecular flexibility index (Phi) is 4.28. The topological polar surface area (TPSA) is 95.1 Å². The zero-order valence-electron chi connectivity index (χ0n) is 13.6. The molecule has 0 saturated carbocycles. The monoisotopic (exact) mass is 327 g/mol. The third-order valence-electron chi connectivity index (χ3n) is 3.64. The number of ether oxygens (including phenoxy) is 1. The maximum atomic E-state index is 12.6. The van der Waals surface area contributed by atoms with Gasteiger partial charge in [-0.2, -0.15) is 0 Å². The molecule has 0 bridgehead atoms. The number of amides is 1. The maximum absolute atomic E-state index is 12.6. The quantitative estimate of drug-likeness (QED) is 0.773. The first-order chi connectivity index (χ1) is 11.6. The van der Waals surface area contributed by atoms with Gasteiger partial charge in [-0.3, -0.25) is 9.36 Å². The van der Waals surface area contributed by atoms with Crippen LogP contribution >= 0.6 is 0 Å². The molecule has 3 aromatic rings. The van der Waals surface area contributed by atoms with Crippen molar-refractivity contribution in [2.75, 3.05) is 12.4 Å². The minimum Gasteiger partial charge on any atom is -0.495 e. The molecule has 3 rings (SSSR count). The number of hydrogen-bond donors (Lipinski definition) is 1. The van der Waals surface area contributed by atoms with Gasteiger partial charge in [0.1, 0.15) is 29.7 Å². The van der Waals surface area contributed by atoms with E-state index in [4.69, 9.17) is 9.26 Å². The first-order valence-corrected chi connectivity index (χ1v) is 7.43. The van der Waals surface area contributed by atoms with Crippen LogP contribution < -0.4 is 10.1 Å². The van der Waals surface area contributed by atoms with Crippen molar-refractivity contribution in [3.8, 4) is 11.4 Å². The second-order valence-corrected chi connectivity index (χ2v) is 5.12. The highest BCUT2D eigenvalue weighted by Crippen LogP contribution is 2.28. The molecule has 124 valence electrons. The molecule has 0 aliphatic rings. The Hall–Kier alpha value is -3.16. The van der Waals surface area contributed by atoms with Crippen LogP contribution in [0.2, 0.25) is 0 Å². The summed E-state index contributed by atoms with van der Waals surface area (Å²) in [6, 6.07) is 5.40. The van der Waals surface area contributed by atoms with Crippen LogP contribution in [-0.2, 0) is 6.42 Å². The van der Waals surface area contributed by atoms with E-state index in [0.717, 1.165) is 5.69 Å². The van der Waals surface area contributed by atoms with E-state index in [2.05, 4.69) is 20.7 Å². The van der Waals surface area contributed by atoms with Crippen molar-refractivity contribution in [3.63, 3.8) is 0 Å². The Balaban J connectivity index is 1.95. The van der Waals surface area contributed by atoms with Crippen molar-refractivity contribution in [2.24, 2.45) is 0 Å². The van der Waals surface area contributed by atoms with E-state index in [1.54, 1.807) is 43.4 Å². The van der Waals surface area contributed by atoms with Crippen molar-refractivity contribution < 1.29 is 14.1 Å². The lowest BCUT2D eigenvalue weighted by molar-refractivity contribution is 0.102. The molecule has 8 nitrogen and oxygen atoms in total. The number of benzene rings is 1. The summed E-state index contributed by atoms with van der Waals surface area (Å²) in [5, 5.41) is 14.3. The fourth-order valence-corrected chi connectivity index (χ4v) is 2.42. The van der Waals surface area contributed by atoms with Crippen LogP contribution in [0.25, 0.3) is 5.69 Å². The number of carbonyl (C=O) groups excluding carboxylic acids is 1. The lowest BCUT2D eigenvalue weighted by Crippen LogP contribution is -2.15. The van der Waals surface area contributed by atoms with Gasteiger partial charge < -0.3 is 14.6 Å². The molecule has 1 amide bonds. The molecular weight excluding hydrogens is 310 g/mol. The van der Waals surface area contributed by atoms with Crippen LogP contribution in [0, 0.1) is 6.92 Å². The van der Waals surface area contributed by atoms with Crippen LogP contribution in [0.4, 0.5) is 5.69 Å². The molecule has 0 unspecified atom stereocenters. The number of methoxy groups -OCH3 is 1. The number of anilines is 1. The van der Waals surface area contributed by atoms with Gasteiger partial charge >= 0.3 is 0 Å². The SMILES string of the molecule is CCc1noc(C)c1C(=O)Nc1cc(-n2cnnc2)ccc1OC. The van der Waals surface area contributed by atoms with Crippen LogP contribution in [0.3, 0.4) is 0 Å². The average Bonchev–Trinajstić information content (AvgIpc) is 3.24. The van der Waals surface area contributed by atoms with Crippen molar-refractivity contribution in [2.45, 2.75) is 20.3 Å². The summed E-state index contributed by atoms with van der Waals surface area (Å²) in [6.07, 6.45) is 3.76. The number of aryl methyl sites for hydroxylation is 2. The molecule has 0 spiro atoms. The van der Waals surface area contributed by atoms with Gasteiger partial charge in [-0.15, -0.1) is 10.2 Å². The highest BCUT2D eigenvalue weighted by atomic mass is 16.5. The minimum absolute atomic E-state index is 0.287. The number of aromatic nitrogens is 4. The molecule has 0 saturated heterocycles. The summed E-state index contributed by atoms with van der Waals surface area (Å²) < 4.78 is 12.2. The second kappa shape index (κ2) is 6.53. The van der Waals surface area contributed by atoms with Crippen molar-refractivity contribution >= 4 is 11.6 Å². The van der Waals surface area contributed by atoms with Gasteiger partial charge in [0.25, 0.3) is 5.91 Å². The number of carbonyl (C=O) groups is 1. The summed E-state index contributed by atoms with van der Waals surface area (Å²) in [5.41, 5.74) is 2.42. The van der Waals surface area contributed by atoms with Crippen molar-refractivity contribution in [1.29, 1.82) is 0 Å². The molecule has 0 radical (unpaired) electrons. The van der Waals surface area contributed by atoms with E-state index >= 15 is 0 Å². The van der Waals surface area contributed by atoms with E-state index in [1.807, 2.05) is 13.0 Å². The van der Waals surface area contributed by atoms with Crippen molar-refractivity contribution in [3.05, 3.63) is 47.9 Å². The largest absolute Gasteiger partial charge is 0.495 e. The molecule has 0 atom stereocenters. The van der Waals surface area contributed by atoms with Gasteiger partial charge in [-0.1, -0.05) is 12.1 Å². The van der Waals surface area contributed by atoms with Gasteiger partial charge in [0.15, 0.2) is 0 Å². The summed E-state index contributed by atoms with van der Waals surface area (Å²) in [5.74, 6) is 0.746. The Morgan fingerprint density at radius 3 is 2.75 bits per heavy atom. The highest BCUT2D eigenvalue weighted by molar-refractivity contribution is 6.06. The predicted octanol–water partition coefficient (Wildman–Crippen LogP) is 2.39. The fourth-order valence-electron chi connectivity index (χ4n) is 2.42. The van der Waals surface area contributed by atoms with E-state index in [0.29, 0.717) is 34.9 Å². The lowest BCUT2D eigenvalue weighted by atomic mass is 10.1. The van der Waals surface area contributed by atoms with Gasteiger partial charge in [0.05, 0.1) is 24.2 Å². The van der Waals surface area contributed by atoms with E-state index in [9.17, 15) is 4.79 Å². The van der Waals surface area contributed by atoms with Crippen LogP contribution in [-0.4, -0.2) is 32.9 Å². The summed E-state index contributed by atoms with van der Waals surface area (Å²) in [6.45, 7) is 3.63. The third-order valence-corrected chi connectivity index (χ3v) is 3.64. The summed E-state index contributed by atoms with van der Waals surface area (Å²) in [7, 11) is 1.55. The minimum atomic E-state index is -0.287. The van der Waals surface area contributed by atoms with E-state index in [-0.39, 0.29) is 5.91 Å². The Morgan fingerprint density at radius 2 is 2.08 bits per heavy atom. The summed E-state index contributed by atoms with van der Waals surface area (Å²) >= 11 is 0. The third kappa shape index (κ3) is 2.85. The molecule has 0 aliphatic heterocycles. The molecule has 2 aromatic heterocycles. The molecule has 8 heteroatoms. The molecule has 1 N–H and O–H groups in total. The second-order valence-electron chi connectivity index (χ2n) is 5.12. The standard InChI is InChI=1S/C16H17N5O3/c1-4-12-15(10(2)24-20-12)16(22)19-13-7-11(5-6-14(13)23-3)21-8-17-18-9-21/h5-9H,4H2,1-3H3,(H,19,22). The molecule has 0 fully saturated rings. The Labute approximate surface area is 138 Å². The first-order valence-electron chi connectivity index (χ1n) is 7.43. The van der Waals surface area contributed by atoms with Crippen LogP contribution in [0.1, 0.15) is 28.7 Å². The van der Waals surface area contributed by atoms with Gasteiger partial charge in [-0.25, -0.2) is 0 Å². The maximum Gasteiger partial charge on any atom is 0.261 e. The average molecular weight is 327 g/mol. The number of hydrogen-bond acceptors (Lipinski definition) is 6. The van der Waals surface area contributed by atoms with Crippen LogP contribution in [0.5, 0.6) is 5.75 Å². The zero-order valence-corrected chi connectivity index (χ0v) is 13.6. The van der Waals surface area contributed by atoms with Crippen LogP contribution in [0.15, 0.2) is 35.4 Å². The predicted molar refractivity (Wildman–Crippen MR) is 86.5 cm³/mol. The molecule has 0 aliphatic carbocycles. The molecular formula is C16H17N5O3. The Morgan fingerprint density at radius 1 is 1.33 bits per heavy atom. The molecule has 2 heterocycles. The number of nitrogens with one attached hydrogen (secondary N) is 1. The normalized spacial score (nSPS) is 10.6. The Bertz CT molecular complexity index is 855.